The van der Waals surface area contributed by atoms with Gasteiger partial charge in [-0.05, 0) is 42.8 Å². The van der Waals surface area contributed by atoms with Crippen molar-refractivity contribution in [3.8, 4) is 5.75 Å². The lowest BCUT2D eigenvalue weighted by molar-refractivity contribution is -0.121. The molecule has 0 heterocycles. The molecule has 0 aliphatic rings. The molecule has 1 amide bonds. The van der Waals surface area contributed by atoms with E-state index in [1.54, 1.807) is 24.0 Å². The number of methoxy groups -OCH3 is 1. The van der Waals surface area contributed by atoms with Crippen LogP contribution in [0.15, 0.2) is 59.5 Å². The topological polar surface area (TPSA) is 63.7 Å². The van der Waals surface area contributed by atoms with E-state index >= 15 is 0 Å². The molecule has 0 aliphatic carbocycles. The Morgan fingerprint density at radius 1 is 1.07 bits per heavy atom. The molecule has 0 N–H and O–H groups in total. The zero-order valence-electron chi connectivity index (χ0n) is 16.1. The minimum atomic E-state index is -3.57. The number of para-hydroxylation sites is 1. The Morgan fingerprint density at radius 3 is 2.26 bits per heavy atom. The van der Waals surface area contributed by atoms with Gasteiger partial charge in [0.15, 0.2) is 9.84 Å². The SMILES string of the molecule is CCCCN(C(=O)C(C)CS(=O)(=O)c1ccc(OC)cc1)c1ccccc1. The van der Waals surface area contributed by atoms with Crippen LogP contribution in [-0.4, -0.2) is 33.7 Å². The molecular formula is C21H27NO4S. The summed E-state index contributed by atoms with van der Waals surface area (Å²) in [5.74, 6) is -0.457. The monoisotopic (exact) mass is 389 g/mol. The molecule has 0 aliphatic heterocycles. The van der Waals surface area contributed by atoms with Crippen molar-refractivity contribution in [3.63, 3.8) is 0 Å². The van der Waals surface area contributed by atoms with E-state index in [1.165, 1.54) is 19.2 Å². The summed E-state index contributed by atoms with van der Waals surface area (Å²) >= 11 is 0. The fraction of sp³-hybridized carbons (Fsp3) is 0.381. The second-order valence-electron chi connectivity index (χ2n) is 6.54. The summed E-state index contributed by atoms with van der Waals surface area (Å²) in [6.07, 6.45) is 1.81. The predicted octanol–water partition coefficient (Wildman–Crippen LogP) is 3.94. The molecule has 1 atom stereocenters. The molecule has 2 aromatic carbocycles. The standard InChI is InChI=1S/C21H27NO4S/c1-4-5-15-22(18-9-7-6-8-10-18)21(23)17(2)16-27(24,25)20-13-11-19(26-3)12-14-20/h6-14,17H,4-5,15-16H2,1-3H3. The van der Waals surface area contributed by atoms with E-state index < -0.39 is 15.8 Å². The summed E-state index contributed by atoms with van der Waals surface area (Å²) < 4.78 is 30.5. The molecule has 6 heteroatoms. The molecule has 0 bridgehead atoms. The lowest BCUT2D eigenvalue weighted by atomic mass is 10.1. The van der Waals surface area contributed by atoms with Gasteiger partial charge in [-0.25, -0.2) is 8.42 Å². The highest BCUT2D eigenvalue weighted by Gasteiger charge is 2.27. The molecular weight excluding hydrogens is 362 g/mol. The molecule has 2 rings (SSSR count). The highest BCUT2D eigenvalue weighted by molar-refractivity contribution is 7.91. The van der Waals surface area contributed by atoms with Crippen LogP contribution in [0, 0.1) is 5.92 Å². The number of benzene rings is 2. The number of anilines is 1. The molecule has 5 nitrogen and oxygen atoms in total. The Morgan fingerprint density at radius 2 is 1.70 bits per heavy atom. The highest BCUT2D eigenvalue weighted by atomic mass is 32.2. The van der Waals surface area contributed by atoms with E-state index in [0.717, 1.165) is 18.5 Å². The third-order valence-corrected chi connectivity index (χ3v) is 6.31. The molecule has 0 saturated carbocycles. The molecule has 146 valence electrons. The maximum atomic E-state index is 13.0. The number of nitrogens with zero attached hydrogens (tertiary/aromatic N) is 1. The van der Waals surface area contributed by atoms with E-state index in [-0.39, 0.29) is 16.6 Å². The van der Waals surface area contributed by atoms with Gasteiger partial charge in [0.2, 0.25) is 5.91 Å². The Labute approximate surface area is 161 Å². The molecule has 0 spiro atoms. The quantitative estimate of drug-likeness (QED) is 0.652. The predicted molar refractivity (Wildman–Crippen MR) is 108 cm³/mol. The summed E-state index contributed by atoms with van der Waals surface area (Å²) in [5, 5.41) is 0. The van der Waals surface area contributed by atoms with Crippen molar-refractivity contribution in [1.29, 1.82) is 0 Å². The minimum Gasteiger partial charge on any atom is -0.497 e. The van der Waals surface area contributed by atoms with E-state index in [0.29, 0.717) is 12.3 Å². The van der Waals surface area contributed by atoms with Crippen LogP contribution in [0.2, 0.25) is 0 Å². The normalized spacial score (nSPS) is 12.4. The number of hydrogen-bond acceptors (Lipinski definition) is 4. The van der Waals surface area contributed by atoms with E-state index in [1.807, 2.05) is 30.3 Å². The van der Waals surface area contributed by atoms with Gasteiger partial charge in [0.05, 0.1) is 17.8 Å². The summed E-state index contributed by atoms with van der Waals surface area (Å²) in [6.45, 7) is 4.31. The number of carbonyl (C=O) groups is 1. The Hall–Kier alpha value is -2.34. The molecule has 0 radical (unpaired) electrons. The van der Waals surface area contributed by atoms with Gasteiger partial charge in [0, 0.05) is 18.2 Å². The Kier molecular flexibility index (Phi) is 7.42. The molecule has 0 saturated heterocycles. The number of unbranched alkanes of at least 4 members (excludes halogenated alkanes) is 1. The molecule has 0 fully saturated rings. The van der Waals surface area contributed by atoms with Crippen LogP contribution in [0.3, 0.4) is 0 Å². The highest BCUT2D eigenvalue weighted by Crippen LogP contribution is 2.22. The van der Waals surface area contributed by atoms with Gasteiger partial charge in [-0.3, -0.25) is 4.79 Å². The average Bonchev–Trinajstić information content (AvgIpc) is 2.68. The molecule has 2 aromatic rings. The van der Waals surface area contributed by atoms with Crippen molar-refractivity contribution in [2.45, 2.75) is 31.6 Å². The van der Waals surface area contributed by atoms with Gasteiger partial charge in [-0.2, -0.15) is 0 Å². The number of sulfone groups is 1. The largest absolute Gasteiger partial charge is 0.497 e. The fourth-order valence-corrected chi connectivity index (χ4v) is 4.38. The number of amides is 1. The summed E-state index contributed by atoms with van der Waals surface area (Å²) in [6, 6.07) is 15.6. The second kappa shape index (κ2) is 9.55. The number of hydrogen-bond donors (Lipinski definition) is 0. The summed E-state index contributed by atoms with van der Waals surface area (Å²) in [7, 11) is -2.04. The first-order valence-corrected chi connectivity index (χ1v) is 10.8. The molecule has 27 heavy (non-hydrogen) atoms. The van der Waals surface area contributed by atoms with Crippen molar-refractivity contribution in [2.24, 2.45) is 5.92 Å². The van der Waals surface area contributed by atoms with Crippen LogP contribution in [0.1, 0.15) is 26.7 Å². The van der Waals surface area contributed by atoms with E-state index in [2.05, 4.69) is 6.92 Å². The smallest absolute Gasteiger partial charge is 0.230 e. The Bertz CT molecular complexity index is 832. The van der Waals surface area contributed by atoms with Gasteiger partial charge in [-0.1, -0.05) is 38.5 Å². The second-order valence-corrected chi connectivity index (χ2v) is 8.57. The van der Waals surface area contributed by atoms with Gasteiger partial charge in [-0.15, -0.1) is 0 Å². The van der Waals surface area contributed by atoms with Crippen molar-refractivity contribution >= 4 is 21.4 Å². The first-order valence-electron chi connectivity index (χ1n) is 9.12. The van der Waals surface area contributed by atoms with Gasteiger partial charge in [0.1, 0.15) is 5.75 Å². The van der Waals surface area contributed by atoms with Crippen LogP contribution in [0.4, 0.5) is 5.69 Å². The van der Waals surface area contributed by atoms with Crippen LogP contribution in [-0.2, 0) is 14.6 Å². The Balaban J connectivity index is 2.17. The zero-order valence-corrected chi connectivity index (χ0v) is 16.9. The van der Waals surface area contributed by atoms with Crippen LogP contribution in [0.25, 0.3) is 0 Å². The summed E-state index contributed by atoms with van der Waals surface area (Å²) in [5.41, 5.74) is 0.796. The number of ether oxygens (including phenoxy) is 1. The van der Waals surface area contributed by atoms with Crippen molar-refractivity contribution in [3.05, 3.63) is 54.6 Å². The van der Waals surface area contributed by atoms with Crippen molar-refractivity contribution in [2.75, 3.05) is 24.3 Å². The first kappa shape index (κ1) is 21.0. The number of rotatable bonds is 9. The van der Waals surface area contributed by atoms with Crippen LogP contribution in [0.5, 0.6) is 5.75 Å². The van der Waals surface area contributed by atoms with Crippen LogP contribution >= 0.6 is 0 Å². The van der Waals surface area contributed by atoms with Gasteiger partial charge in [0.25, 0.3) is 0 Å². The average molecular weight is 390 g/mol. The van der Waals surface area contributed by atoms with Crippen molar-refractivity contribution < 1.29 is 17.9 Å². The summed E-state index contributed by atoms with van der Waals surface area (Å²) in [4.78, 5) is 14.9. The minimum absolute atomic E-state index is 0.174. The zero-order chi connectivity index (χ0) is 19.9. The van der Waals surface area contributed by atoms with E-state index in [9.17, 15) is 13.2 Å². The van der Waals surface area contributed by atoms with Crippen LogP contribution < -0.4 is 9.64 Å². The van der Waals surface area contributed by atoms with Crippen molar-refractivity contribution in [1.82, 2.24) is 0 Å². The molecule has 0 aromatic heterocycles. The number of carbonyl (C=O) groups excluding carboxylic acids is 1. The van der Waals surface area contributed by atoms with Gasteiger partial charge < -0.3 is 9.64 Å². The lowest BCUT2D eigenvalue weighted by Gasteiger charge is -2.26. The lowest BCUT2D eigenvalue weighted by Crippen LogP contribution is -2.38. The molecule has 1 unspecified atom stereocenters. The fourth-order valence-electron chi connectivity index (χ4n) is 2.84. The van der Waals surface area contributed by atoms with Gasteiger partial charge >= 0.3 is 0 Å². The first-order chi connectivity index (χ1) is 12.9. The third-order valence-electron chi connectivity index (χ3n) is 4.38. The van der Waals surface area contributed by atoms with E-state index in [4.69, 9.17) is 4.74 Å². The third kappa shape index (κ3) is 5.57. The maximum absolute atomic E-state index is 13.0. The maximum Gasteiger partial charge on any atom is 0.230 e.